The van der Waals surface area contributed by atoms with Gasteiger partial charge in [-0.15, -0.1) is 0 Å². The minimum atomic E-state index is -0.702. The maximum atomic E-state index is 13.5. The second kappa shape index (κ2) is 9.54. The molecule has 0 spiro atoms. The van der Waals surface area contributed by atoms with Crippen LogP contribution in [0, 0.1) is 0 Å². The summed E-state index contributed by atoms with van der Waals surface area (Å²) in [5, 5.41) is 5.95. The number of amides is 1. The molecule has 1 aromatic carbocycles. The molecule has 1 saturated heterocycles. The van der Waals surface area contributed by atoms with Gasteiger partial charge in [-0.3, -0.25) is 9.80 Å². The molecular formula is C21H27N3O5. The lowest BCUT2D eigenvalue weighted by Crippen LogP contribution is -2.54. The number of rotatable bonds is 6. The molecule has 0 bridgehead atoms. The van der Waals surface area contributed by atoms with Gasteiger partial charge in [-0.25, -0.2) is 9.59 Å². The lowest BCUT2D eigenvalue weighted by atomic mass is 9.99. The van der Waals surface area contributed by atoms with Crippen LogP contribution in [0.2, 0.25) is 0 Å². The molecule has 156 valence electrons. The zero-order valence-corrected chi connectivity index (χ0v) is 16.9. The summed E-state index contributed by atoms with van der Waals surface area (Å²) in [5.74, 6) is -1.13. The summed E-state index contributed by atoms with van der Waals surface area (Å²) in [6, 6.07) is 7.92. The SMILES string of the molecule is CCOC(=O)C1=NN(c2ccccc2)C(C(=O)N2CCCCC2C(=O)OCC)C1. The first-order valence-corrected chi connectivity index (χ1v) is 10.1. The Bertz CT molecular complexity index is 780. The fraction of sp³-hybridized carbons (Fsp3) is 0.524. The van der Waals surface area contributed by atoms with Gasteiger partial charge in [0, 0.05) is 13.0 Å². The Morgan fingerprint density at radius 1 is 1.03 bits per heavy atom. The molecule has 2 unspecified atom stereocenters. The highest BCUT2D eigenvalue weighted by Crippen LogP contribution is 2.28. The number of likely N-dealkylation sites (tertiary alicyclic amines) is 1. The highest BCUT2D eigenvalue weighted by molar-refractivity contribution is 6.38. The Labute approximate surface area is 170 Å². The van der Waals surface area contributed by atoms with Gasteiger partial charge in [0.15, 0.2) is 0 Å². The van der Waals surface area contributed by atoms with E-state index in [1.165, 1.54) is 0 Å². The van der Waals surface area contributed by atoms with E-state index >= 15 is 0 Å². The summed E-state index contributed by atoms with van der Waals surface area (Å²) in [7, 11) is 0. The largest absolute Gasteiger partial charge is 0.464 e. The van der Waals surface area contributed by atoms with Crippen LogP contribution in [-0.2, 0) is 23.9 Å². The molecule has 0 aliphatic carbocycles. The van der Waals surface area contributed by atoms with Crippen LogP contribution in [0.3, 0.4) is 0 Å². The van der Waals surface area contributed by atoms with Crippen LogP contribution in [0.1, 0.15) is 39.5 Å². The molecule has 2 atom stereocenters. The monoisotopic (exact) mass is 401 g/mol. The molecule has 1 fully saturated rings. The van der Waals surface area contributed by atoms with Crippen molar-refractivity contribution >= 4 is 29.2 Å². The molecular weight excluding hydrogens is 374 g/mol. The van der Waals surface area contributed by atoms with E-state index in [4.69, 9.17) is 9.47 Å². The number of esters is 2. The predicted molar refractivity (Wildman–Crippen MR) is 107 cm³/mol. The molecule has 8 nitrogen and oxygen atoms in total. The van der Waals surface area contributed by atoms with Crippen molar-refractivity contribution in [1.29, 1.82) is 0 Å². The number of nitrogens with zero attached hydrogens (tertiary/aromatic N) is 3. The summed E-state index contributed by atoms with van der Waals surface area (Å²) in [4.78, 5) is 39.7. The zero-order valence-electron chi connectivity index (χ0n) is 16.9. The first-order chi connectivity index (χ1) is 14.1. The number of benzene rings is 1. The van der Waals surface area contributed by atoms with Crippen LogP contribution in [0.4, 0.5) is 5.69 Å². The second-order valence-corrected chi connectivity index (χ2v) is 6.96. The van der Waals surface area contributed by atoms with Crippen LogP contribution in [0.5, 0.6) is 0 Å². The first kappa shape index (κ1) is 20.8. The predicted octanol–water partition coefficient (Wildman–Crippen LogP) is 2.13. The standard InChI is InChI=1S/C21H27N3O5/c1-3-28-20(26)16-14-18(24(22-16)15-10-6-5-7-11-15)19(25)23-13-9-8-12-17(23)21(27)29-4-2/h5-7,10-11,17-18H,3-4,8-9,12-14H2,1-2H3. The average Bonchev–Trinajstić information content (AvgIpc) is 3.20. The van der Waals surface area contributed by atoms with Crippen LogP contribution in [0.15, 0.2) is 35.4 Å². The third kappa shape index (κ3) is 4.58. The van der Waals surface area contributed by atoms with Crippen molar-refractivity contribution in [3.63, 3.8) is 0 Å². The smallest absolute Gasteiger partial charge is 0.354 e. The van der Waals surface area contributed by atoms with Crippen molar-refractivity contribution in [1.82, 2.24) is 4.90 Å². The van der Waals surface area contributed by atoms with Crippen molar-refractivity contribution in [2.45, 2.75) is 51.6 Å². The Morgan fingerprint density at radius 2 is 1.76 bits per heavy atom. The molecule has 8 heteroatoms. The van der Waals surface area contributed by atoms with Crippen LogP contribution >= 0.6 is 0 Å². The highest BCUT2D eigenvalue weighted by Gasteiger charge is 2.43. The molecule has 1 aromatic rings. The van der Waals surface area contributed by atoms with Gasteiger partial charge < -0.3 is 14.4 Å². The van der Waals surface area contributed by atoms with Gasteiger partial charge in [0.05, 0.1) is 18.9 Å². The molecule has 0 radical (unpaired) electrons. The molecule has 1 amide bonds. The summed E-state index contributed by atoms with van der Waals surface area (Å²) < 4.78 is 10.3. The van der Waals surface area contributed by atoms with Gasteiger partial charge in [-0.05, 0) is 45.2 Å². The van der Waals surface area contributed by atoms with E-state index in [0.29, 0.717) is 18.7 Å². The highest BCUT2D eigenvalue weighted by atomic mass is 16.5. The molecule has 3 rings (SSSR count). The minimum Gasteiger partial charge on any atom is -0.464 e. The number of carbonyl (C=O) groups excluding carboxylic acids is 3. The minimum absolute atomic E-state index is 0.138. The maximum absolute atomic E-state index is 13.5. The summed E-state index contributed by atoms with van der Waals surface area (Å²) in [5.41, 5.74) is 0.911. The van der Waals surface area contributed by atoms with E-state index in [1.54, 1.807) is 23.8 Å². The summed E-state index contributed by atoms with van der Waals surface area (Å²) in [6.45, 7) is 4.46. The molecule has 0 saturated carbocycles. The Balaban J connectivity index is 1.87. The van der Waals surface area contributed by atoms with Gasteiger partial charge in [-0.1, -0.05) is 18.2 Å². The first-order valence-electron chi connectivity index (χ1n) is 10.1. The third-order valence-corrected chi connectivity index (χ3v) is 5.07. The Morgan fingerprint density at radius 3 is 2.45 bits per heavy atom. The number of hydrogen-bond acceptors (Lipinski definition) is 7. The van der Waals surface area contributed by atoms with Crippen molar-refractivity contribution < 1.29 is 23.9 Å². The van der Waals surface area contributed by atoms with Crippen molar-refractivity contribution in [3.8, 4) is 0 Å². The lowest BCUT2D eigenvalue weighted by Gasteiger charge is -2.37. The lowest BCUT2D eigenvalue weighted by molar-refractivity contribution is -0.157. The van der Waals surface area contributed by atoms with E-state index in [1.807, 2.05) is 30.3 Å². The molecule has 2 aliphatic rings. The third-order valence-electron chi connectivity index (χ3n) is 5.07. The number of hydrogen-bond donors (Lipinski definition) is 0. The van der Waals surface area contributed by atoms with Crippen LogP contribution < -0.4 is 5.01 Å². The van der Waals surface area contributed by atoms with Gasteiger partial charge in [-0.2, -0.15) is 5.10 Å². The van der Waals surface area contributed by atoms with E-state index in [0.717, 1.165) is 12.8 Å². The Kier molecular flexibility index (Phi) is 6.85. The second-order valence-electron chi connectivity index (χ2n) is 6.96. The average molecular weight is 401 g/mol. The number of carbonyl (C=O) groups is 3. The van der Waals surface area contributed by atoms with E-state index in [-0.39, 0.29) is 37.2 Å². The van der Waals surface area contributed by atoms with Crippen molar-refractivity contribution in [3.05, 3.63) is 30.3 Å². The normalized spacial score (nSPS) is 21.5. The number of piperidine rings is 1. The molecule has 2 aliphatic heterocycles. The van der Waals surface area contributed by atoms with Crippen molar-refractivity contribution in [2.24, 2.45) is 5.10 Å². The fourth-order valence-electron chi connectivity index (χ4n) is 3.73. The zero-order chi connectivity index (χ0) is 20.8. The van der Waals surface area contributed by atoms with E-state index in [9.17, 15) is 14.4 Å². The molecule has 0 N–H and O–H groups in total. The summed E-state index contributed by atoms with van der Waals surface area (Å²) in [6.07, 6.45) is 2.41. The maximum Gasteiger partial charge on any atom is 0.354 e. The molecule has 0 aromatic heterocycles. The molecule has 2 heterocycles. The van der Waals surface area contributed by atoms with E-state index in [2.05, 4.69) is 5.10 Å². The quantitative estimate of drug-likeness (QED) is 0.679. The summed E-state index contributed by atoms with van der Waals surface area (Å²) >= 11 is 0. The number of anilines is 1. The number of para-hydroxylation sites is 1. The van der Waals surface area contributed by atoms with Crippen molar-refractivity contribution in [2.75, 3.05) is 24.8 Å². The molecule has 29 heavy (non-hydrogen) atoms. The number of hydrazone groups is 1. The van der Waals surface area contributed by atoms with Gasteiger partial charge in [0.25, 0.3) is 0 Å². The van der Waals surface area contributed by atoms with Gasteiger partial charge in [0.2, 0.25) is 5.91 Å². The Hall–Kier alpha value is -2.90. The topological polar surface area (TPSA) is 88.5 Å². The van der Waals surface area contributed by atoms with Crippen LogP contribution in [-0.4, -0.2) is 60.3 Å². The van der Waals surface area contributed by atoms with Gasteiger partial charge in [0.1, 0.15) is 17.8 Å². The van der Waals surface area contributed by atoms with Gasteiger partial charge >= 0.3 is 11.9 Å². The number of ether oxygens (including phenoxy) is 2. The van der Waals surface area contributed by atoms with Crippen LogP contribution in [0.25, 0.3) is 0 Å². The fourth-order valence-corrected chi connectivity index (χ4v) is 3.73. The van der Waals surface area contributed by atoms with E-state index < -0.39 is 18.1 Å².